The topological polar surface area (TPSA) is 32.3 Å². The molecule has 1 atom stereocenters. The number of rotatable bonds is 2. The Kier molecular flexibility index (Phi) is 3.17. The lowest BCUT2D eigenvalue weighted by Gasteiger charge is -2.31. The van der Waals surface area contributed by atoms with Crippen molar-refractivity contribution in [3.05, 3.63) is 0 Å². The van der Waals surface area contributed by atoms with Crippen LogP contribution < -0.4 is 5.32 Å². The fourth-order valence-corrected chi connectivity index (χ4v) is 2.21. The zero-order valence-corrected chi connectivity index (χ0v) is 9.83. The zero-order chi connectivity index (χ0) is 10.8. The maximum absolute atomic E-state index is 11.9. The van der Waals surface area contributed by atoms with E-state index in [2.05, 4.69) is 19.2 Å². The van der Waals surface area contributed by atoms with Gasteiger partial charge in [-0.05, 0) is 44.4 Å². The van der Waals surface area contributed by atoms with Crippen LogP contribution in [0.4, 0.5) is 4.79 Å². The van der Waals surface area contributed by atoms with E-state index in [4.69, 9.17) is 0 Å². The van der Waals surface area contributed by atoms with E-state index in [0.29, 0.717) is 6.04 Å². The molecule has 1 aliphatic heterocycles. The van der Waals surface area contributed by atoms with E-state index in [1.165, 1.54) is 12.8 Å². The van der Waals surface area contributed by atoms with E-state index in [1.807, 2.05) is 4.90 Å². The molecule has 2 aliphatic rings. The minimum absolute atomic E-state index is 0.154. The van der Waals surface area contributed by atoms with Crippen molar-refractivity contribution in [1.29, 1.82) is 0 Å². The van der Waals surface area contributed by atoms with Crippen molar-refractivity contribution in [1.82, 2.24) is 10.2 Å². The molecule has 2 fully saturated rings. The molecule has 1 aliphatic carbocycles. The standard InChI is InChI=1S/C12H22N2O/c1-9-5-7-14(8-6-9)12(15)13-10(2)11-3-4-11/h9-11H,3-8H2,1-2H3,(H,13,15). The highest BCUT2D eigenvalue weighted by atomic mass is 16.2. The van der Waals surface area contributed by atoms with Crippen molar-refractivity contribution >= 4 is 6.03 Å². The van der Waals surface area contributed by atoms with Crippen LogP contribution in [-0.2, 0) is 0 Å². The molecule has 3 nitrogen and oxygen atoms in total. The molecule has 1 heterocycles. The Labute approximate surface area is 92.2 Å². The van der Waals surface area contributed by atoms with Gasteiger partial charge in [0.05, 0.1) is 0 Å². The van der Waals surface area contributed by atoms with Crippen molar-refractivity contribution in [2.24, 2.45) is 11.8 Å². The first-order valence-electron chi connectivity index (χ1n) is 6.22. The minimum atomic E-state index is 0.154. The summed E-state index contributed by atoms with van der Waals surface area (Å²) in [5.74, 6) is 1.53. The van der Waals surface area contributed by atoms with Gasteiger partial charge in [0.1, 0.15) is 0 Å². The summed E-state index contributed by atoms with van der Waals surface area (Å²) in [4.78, 5) is 13.8. The summed E-state index contributed by atoms with van der Waals surface area (Å²) in [7, 11) is 0. The molecule has 1 unspecified atom stereocenters. The third kappa shape index (κ3) is 2.86. The van der Waals surface area contributed by atoms with E-state index < -0.39 is 0 Å². The Bertz CT molecular complexity index is 230. The third-order valence-electron chi connectivity index (χ3n) is 3.75. The molecule has 15 heavy (non-hydrogen) atoms. The average molecular weight is 210 g/mol. The summed E-state index contributed by atoms with van der Waals surface area (Å²) < 4.78 is 0. The fourth-order valence-electron chi connectivity index (χ4n) is 2.21. The number of hydrogen-bond donors (Lipinski definition) is 1. The lowest BCUT2D eigenvalue weighted by atomic mass is 10.00. The monoisotopic (exact) mass is 210 g/mol. The van der Waals surface area contributed by atoms with Gasteiger partial charge in [-0.25, -0.2) is 4.79 Å². The quantitative estimate of drug-likeness (QED) is 0.744. The molecule has 2 amide bonds. The van der Waals surface area contributed by atoms with E-state index in [1.54, 1.807) is 0 Å². The molecule has 0 aromatic heterocycles. The van der Waals surface area contributed by atoms with Crippen LogP contribution in [0.15, 0.2) is 0 Å². The number of carbonyl (C=O) groups excluding carboxylic acids is 1. The van der Waals surface area contributed by atoms with Crippen LogP contribution in [0.2, 0.25) is 0 Å². The number of carbonyl (C=O) groups is 1. The number of urea groups is 1. The van der Waals surface area contributed by atoms with Gasteiger partial charge in [-0.3, -0.25) is 0 Å². The summed E-state index contributed by atoms with van der Waals surface area (Å²) in [5, 5.41) is 3.11. The highest BCUT2D eigenvalue weighted by Gasteiger charge is 2.30. The van der Waals surface area contributed by atoms with E-state index in [0.717, 1.165) is 37.8 Å². The SMILES string of the molecule is CC1CCN(C(=O)NC(C)C2CC2)CC1. The maximum Gasteiger partial charge on any atom is 0.317 e. The normalized spacial score (nSPS) is 25.1. The number of amides is 2. The Morgan fingerprint density at radius 3 is 2.40 bits per heavy atom. The van der Waals surface area contributed by atoms with Crippen LogP contribution in [0.3, 0.4) is 0 Å². The molecule has 0 aromatic rings. The number of nitrogens with zero attached hydrogens (tertiary/aromatic N) is 1. The van der Waals surface area contributed by atoms with Crippen molar-refractivity contribution in [3.63, 3.8) is 0 Å². The number of hydrogen-bond acceptors (Lipinski definition) is 1. The summed E-state index contributed by atoms with van der Waals surface area (Å²) in [6.07, 6.45) is 4.90. The predicted molar refractivity (Wildman–Crippen MR) is 60.7 cm³/mol. The Morgan fingerprint density at radius 1 is 1.27 bits per heavy atom. The molecule has 0 radical (unpaired) electrons. The maximum atomic E-state index is 11.9. The Morgan fingerprint density at radius 2 is 1.87 bits per heavy atom. The molecule has 1 saturated carbocycles. The first-order chi connectivity index (χ1) is 7.16. The lowest BCUT2D eigenvalue weighted by molar-refractivity contribution is 0.170. The first kappa shape index (κ1) is 10.8. The van der Waals surface area contributed by atoms with Gasteiger partial charge in [0, 0.05) is 19.1 Å². The molecule has 1 N–H and O–H groups in total. The van der Waals surface area contributed by atoms with Crippen molar-refractivity contribution in [2.75, 3.05) is 13.1 Å². The van der Waals surface area contributed by atoms with Crippen LogP contribution in [0, 0.1) is 11.8 Å². The molecule has 0 bridgehead atoms. The number of nitrogens with one attached hydrogen (secondary N) is 1. The zero-order valence-electron chi connectivity index (χ0n) is 9.83. The van der Waals surface area contributed by atoms with Gasteiger partial charge in [-0.15, -0.1) is 0 Å². The molecule has 0 spiro atoms. The van der Waals surface area contributed by atoms with Gasteiger partial charge in [0.25, 0.3) is 0 Å². The molecule has 1 saturated heterocycles. The Balaban J connectivity index is 1.75. The summed E-state index contributed by atoms with van der Waals surface area (Å²) in [6.45, 7) is 6.26. The fraction of sp³-hybridized carbons (Fsp3) is 0.917. The summed E-state index contributed by atoms with van der Waals surface area (Å²) >= 11 is 0. The molecular formula is C12H22N2O. The van der Waals surface area contributed by atoms with Gasteiger partial charge < -0.3 is 10.2 Å². The van der Waals surface area contributed by atoms with E-state index in [9.17, 15) is 4.79 Å². The van der Waals surface area contributed by atoms with Crippen LogP contribution >= 0.6 is 0 Å². The van der Waals surface area contributed by atoms with Crippen LogP contribution in [0.1, 0.15) is 39.5 Å². The highest BCUT2D eigenvalue weighted by Crippen LogP contribution is 2.32. The molecule has 3 heteroatoms. The van der Waals surface area contributed by atoms with Crippen molar-refractivity contribution < 1.29 is 4.79 Å². The number of likely N-dealkylation sites (tertiary alicyclic amines) is 1. The molecular weight excluding hydrogens is 188 g/mol. The molecule has 86 valence electrons. The second kappa shape index (κ2) is 4.42. The lowest BCUT2D eigenvalue weighted by Crippen LogP contribution is -2.47. The van der Waals surface area contributed by atoms with Crippen LogP contribution in [0.25, 0.3) is 0 Å². The third-order valence-corrected chi connectivity index (χ3v) is 3.75. The second-order valence-electron chi connectivity index (χ2n) is 5.25. The predicted octanol–water partition coefficient (Wildman–Crippen LogP) is 2.23. The second-order valence-corrected chi connectivity index (χ2v) is 5.25. The van der Waals surface area contributed by atoms with Gasteiger partial charge >= 0.3 is 6.03 Å². The van der Waals surface area contributed by atoms with Gasteiger partial charge in [-0.1, -0.05) is 6.92 Å². The van der Waals surface area contributed by atoms with E-state index >= 15 is 0 Å². The van der Waals surface area contributed by atoms with Crippen LogP contribution in [0.5, 0.6) is 0 Å². The smallest absolute Gasteiger partial charge is 0.317 e. The Hall–Kier alpha value is -0.730. The van der Waals surface area contributed by atoms with Crippen molar-refractivity contribution in [2.45, 2.75) is 45.6 Å². The van der Waals surface area contributed by atoms with Gasteiger partial charge in [-0.2, -0.15) is 0 Å². The van der Waals surface area contributed by atoms with Gasteiger partial charge in [0.15, 0.2) is 0 Å². The van der Waals surface area contributed by atoms with Gasteiger partial charge in [0.2, 0.25) is 0 Å². The van der Waals surface area contributed by atoms with Crippen molar-refractivity contribution in [3.8, 4) is 0 Å². The summed E-state index contributed by atoms with van der Waals surface area (Å²) in [6, 6.07) is 0.526. The minimum Gasteiger partial charge on any atom is -0.335 e. The molecule has 2 rings (SSSR count). The highest BCUT2D eigenvalue weighted by molar-refractivity contribution is 5.74. The van der Waals surface area contributed by atoms with Crippen LogP contribution in [-0.4, -0.2) is 30.1 Å². The molecule has 0 aromatic carbocycles. The first-order valence-corrected chi connectivity index (χ1v) is 6.22. The summed E-state index contributed by atoms with van der Waals surface area (Å²) in [5.41, 5.74) is 0. The average Bonchev–Trinajstić information content (AvgIpc) is 3.01. The van der Waals surface area contributed by atoms with E-state index in [-0.39, 0.29) is 6.03 Å². The largest absolute Gasteiger partial charge is 0.335 e. The number of piperidine rings is 1.